The third kappa shape index (κ3) is 3.99. The molecule has 0 aromatic heterocycles. The van der Waals surface area contributed by atoms with Gasteiger partial charge in [-0.3, -0.25) is 0 Å². The van der Waals surface area contributed by atoms with Crippen LogP contribution in [0.3, 0.4) is 0 Å². The highest BCUT2D eigenvalue weighted by Gasteiger charge is 2.16. The lowest BCUT2D eigenvalue weighted by Crippen LogP contribution is -2.26. The van der Waals surface area contributed by atoms with Gasteiger partial charge >= 0.3 is 0 Å². The van der Waals surface area contributed by atoms with E-state index in [4.69, 9.17) is 4.74 Å². The first-order valence-corrected chi connectivity index (χ1v) is 6.05. The van der Waals surface area contributed by atoms with Crippen LogP contribution in [-0.4, -0.2) is 19.8 Å². The van der Waals surface area contributed by atoms with E-state index >= 15 is 0 Å². The molecule has 0 saturated carbocycles. The van der Waals surface area contributed by atoms with Crippen molar-refractivity contribution >= 4 is 0 Å². The van der Waals surface area contributed by atoms with Gasteiger partial charge < -0.3 is 10.1 Å². The summed E-state index contributed by atoms with van der Waals surface area (Å²) in [6, 6.07) is 1.66. The third-order valence-corrected chi connectivity index (χ3v) is 2.49. The van der Waals surface area contributed by atoms with E-state index in [2.05, 4.69) is 5.32 Å². The van der Waals surface area contributed by atoms with E-state index in [0.717, 1.165) is 18.6 Å². The Morgan fingerprint density at radius 1 is 1.17 bits per heavy atom. The van der Waals surface area contributed by atoms with Crippen molar-refractivity contribution in [3.05, 3.63) is 35.1 Å². The molecule has 2 nitrogen and oxygen atoms in total. The van der Waals surface area contributed by atoms with Gasteiger partial charge in [0.05, 0.1) is 12.6 Å². The van der Waals surface area contributed by atoms with Gasteiger partial charge in [0, 0.05) is 6.61 Å². The standard InChI is InChI=1S/C13H18F3NO/c1-3-5-18-8-12(17-4-2)9-6-10(14)13(16)11(15)7-9/h6-7,12,17H,3-5,8H2,1-2H3. The number of likely N-dealkylation sites (N-methyl/N-ethyl adjacent to an activating group) is 1. The van der Waals surface area contributed by atoms with Gasteiger partial charge in [0.25, 0.3) is 0 Å². The number of ether oxygens (including phenoxy) is 1. The van der Waals surface area contributed by atoms with Crippen LogP contribution in [0.1, 0.15) is 31.9 Å². The molecule has 0 aliphatic carbocycles. The Morgan fingerprint density at radius 3 is 2.28 bits per heavy atom. The fourth-order valence-electron chi connectivity index (χ4n) is 1.64. The predicted molar refractivity (Wildman–Crippen MR) is 63.8 cm³/mol. The van der Waals surface area contributed by atoms with Crippen molar-refractivity contribution in [2.75, 3.05) is 19.8 Å². The van der Waals surface area contributed by atoms with Gasteiger partial charge in [-0.2, -0.15) is 0 Å². The van der Waals surface area contributed by atoms with Gasteiger partial charge in [-0.1, -0.05) is 13.8 Å². The molecule has 1 N–H and O–H groups in total. The molecule has 0 aliphatic rings. The van der Waals surface area contributed by atoms with Gasteiger partial charge in [0.15, 0.2) is 17.5 Å². The second-order valence-electron chi connectivity index (χ2n) is 3.98. The zero-order valence-electron chi connectivity index (χ0n) is 10.6. The minimum atomic E-state index is -1.44. The molecule has 18 heavy (non-hydrogen) atoms. The van der Waals surface area contributed by atoms with Crippen LogP contribution in [0.25, 0.3) is 0 Å². The van der Waals surface area contributed by atoms with Crippen molar-refractivity contribution in [3.8, 4) is 0 Å². The number of hydrogen-bond donors (Lipinski definition) is 1. The van der Waals surface area contributed by atoms with Gasteiger partial charge in [-0.15, -0.1) is 0 Å². The van der Waals surface area contributed by atoms with Gasteiger partial charge in [-0.05, 0) is 30.7 Å². The zero-order chi connectivity index (χ0) is 13.5. The lowest BCUT2D eigenvalue weighted by Gasteiger charge is -2.18. The summed E-state index contributed by atoms with van der Waals surface area (Å²) in [5, 5.41) is 3.05. The van der Waals surface area contributed by atoms with E-state index in [1.54, 1.807) is 0 Å². The third-order valence-electron chi connectivity index (χ3n) is 2.49. The summed E-state index contributed by atoms with van der Waals surface area (Å²) < 4.78 is 44.5. The number of benzene rings is 1. The summed E-state index contributed by atoms with van der Waals surface area (Å²) in [6.45, 7) is 5.35. The van der Waals surface area contributed by atoms with Crippen molar-refractivity contribution in [2.45, 2.75) is 26.3 Å². The van der Waals surface area contributed by atoms with E-state index in [0.29, 0.717) is 25.3 Å². The number of halogens is 3. The van der Waals surface area contributed by atoms with Crippen LogP contribution in [0.4, 0.5) is 13.2 Å². The zero-order valence-corrected chi connectivity index (χ0v) is 10.6. The second-order valence-corrected chi connectivity index (χ2v) is 3.98. The molecule has 0 radical (unpaired) electrons. The van der Waals surface area contributed by atoms with Crippen molar-refractivity contribution in [2.24, 2.45) is 0 Å². The Labute approximate surface area is 105 Å². The fourth-order valence-corrected chi connectivity index (χ4v) is 1.64. The van der Waals surface area contributed by atoms with Crippen molar-refractivity contribution in [1.82, 2.24) is 5.32 Å². The van der Waals surface area contributed by atoms with Crippen LogP contribution in [0, 0.1) is 17.5 Å². The Bertz CT molecular complexity index is 361. The summed E-state index contributed by atoms with van der Waals surface area (Å²) in [5.41, 5.74) is 0.351. The van der Waals surface area contributed by atoms with E-state index in [-0.39, 0.29) is 6.04 Å². The predicted octanol–water partition coefficient (Wildman–Crippen LogP) is 3.18. The topological polar surface area (TPSA) is 21.3 Å². The normalized spacial score (nSPS) is 12.7. The minimum Gasteiger partial charge on any atom is -0.379 e. The molecule has 1 rings (SSSR count). The van der Waals surface area contributed by atoms with Crippen molar-refractivity contribution in [1.29, 1.82) is 0 Å². The fraction of sp³-hybridized carbons (Fsp3) is 0.538. The van der Waals surface area contributed by atoms with E-state index in [1.165, 1.54) is 0 Å². The summed E-state index contributed by atoms with van der Waals surface area (Å²) >= 11 is 0. The molecule has 0 spiro atoms. The van der Waals surface area contributed by atoms with Gasteiger partial charge in [0.1, 0.15) is 0 Å². The maximum absolute atomic E-state index is 13.1. The average Bonchev–Trinajstić information content (AvgIpc) is 2.34. The highest BCUT2D eigenvalue weighted by Crippen LogP contribution is 2.19. The molecule has 1 aromatic rings. The summed E-state index contributed by atoms with van der Waals surface area (Å²) in [5.74, 6) is -3.80. The first kappa shape index (κ1) is 15.0. The van der Waals surface area contributed by atoms with Crippen LogP contribution in [0.15, 0.2) is 12.1 Å². The Morgan fingerprint density at radius 2 is 1.78 bits per heavy atom. The lowest BCUT2D eigenvalue weighted by atomic mass is 10.1. The SMILES string of the molecule is CCCOCC(NCC)c1cc(F)c(F)c(F)c1. The molecule has 1 atom stereocenters. The maximum atomic E-state index is 13.1. The maximum Gasteiger partial charge on any atom is 0.194 e. The largest absolute Gasteiger partial charge is 0.379 e. The highest BCUT2D eigenvalue weighted by molar-refractivity contribution is 5.22. The Kier molecular flexibility index (Phi) is 6.15. The van der Waals surface area contributed by atoms with Crippen molar-refractivity contribution < 1.29 is 17.9 Å². The minimum absolute atomic E-state index is 0.298. The smallest absolute Gasteiger partial charge is 0.194 e. The van der Waals surface area contributed by atoms with Crippen LogP contribution in [0.5, 0.6) is 0 Å². The molecule has 102 valence electrons. The molecular formula is C13H18F3NO. The molecule has 0 aliphatic heterocycles. The quantitative estimate of drug-likeness (QED) is 0.601. The van der Waals surface area contributed by atoms with Crippen LogP contribution in [0.2, 0.25) is 0 Å². The molecule has 0 saturated heterocycles. The average molecular weight is 261 g/mol. The molecular weight excluding hydrogens is 243 g/mol. The summed E-state index contributed by atoms with van der Waals surface area (Å²) in [4.78, 5) is 0. The second kappa shape index (κ2) is 7.38. The van der Waals surface area contributed by atoms with Crippen LogP contribution in [-0.2, 0) is 4.74 Å². The molecule has 0 amide bonds. The Hall–Kier alpha value is -1.07. The van der Waals surface area contributed by atoms with Crippen LogP contribution < -0.4 is 5.32 Å². The number of rotatable bonds is 7. The van der Waals surface area contributed by atoms with E-state index < -0.39 is 17.5 Å². The van der Waals surface area contributed by atoms with E-state index in [9.17, 15) is 13.2 Å². The highest BCUT2D eigenvalue weighted by atomic mass is 19.2. The van der Waals surface area contributed by atoms with Crippen LogP contribution >= 0.6 is 0 Å². The number of hydrogen-bond acceptors (Lipinski definition) is 2. The number of nitrogens with one attached hydrogen (secondary N) is 1. The first-order chi connectivity index (χ1) is 8.60. The molecule has 5 heteroatoms. The van der Waals surface area contributed by atoms with E-state index in [1.807, 2.05) is 13.8 Å². The van der Waals surface area contributed by atoms with Crippen molar-refractivity contribution in [3.63, 3.8) is 0 Å². The van der Waals surface area contributed by atoms with Gasteiger partial charge in [-0.25, -0.2) is 13.2 Å². The summed E-state index contributed by atoms with van der Waals surface area (Å²) in [7, 11) is 0. The monoisotopic (exact) mass is 261 g/mol. The molecule has 0 heterocycles. The lowest BCUT2D eigenvalue weighted by molar-refractivity contribution is 0.112. The molecule has 1 unspecified atom stereocenters. The van der Waals surface area contributed by atoms with Gasteiger partial charge in [0.2, 0.25) is 0 Å². The molecule has 0 fully saturated rings. The molecule has 0 bridgehead atoms. The first-order valence-electron chi connectivity index (χ1n) is 6.05. The summed E-state index contributed by atoms with van der Waals surface area (Å²) in [6.07, 6.45) is 0.866. The Balaban J connectivity index is 2.84. The molecule has 1 aromatic carbocycles.